The lowest BCUT2D eigenvalue weighted by molar-refractivity contribution is -0.367. The Bertz CT molecular complexity index is 1490. The highest BCUT2D eigenvalue weighted by molar-refractivity contribution is 5.36. The van der Waals surface area contributed by atoms with Crippen LogP contribution in [0.5, 0.6) is 0 Å². The summed E-state index contributed by atoms with van der Waals surface area (Å²) in [5, 5.41) is 87.0. The highest BCUT2D eigenvalue weighted by Gasteiger charge is 2.79. The van der Waals surface area contributed by atoms with Crippen LogP contribution in [0.4, 0.5) is 0 Å². The zero-order chi connectivity index (χ0) is 39.9. The second-order valence-electron chi connectivity index (χ2n) is 21.0. The molecule has 8 rings (SSSR count). The summed E-state index contributed by atoms with van der Waals surface area (Å²) in [7, 11) is 0. The van der Waals surface area contributed by atoms with Gasteiger partial charge in [-0.3, -0.25) is 0 Å². The number of aliphatic hydroxyl groups is 8. The molecule has 8 N–H and O–H groups in total. The summed E-state index contributed by atoms with van der Waals surface area (Å²) in [6.07, 6.45) is -3.39. The first-order valence-electron chi connectivity index (χ1n) is 20.9. The Morgan fingerprint density at radius 2 is 1.44 bits per heavy atom. The van der Waals surface area contributed by atoms with E-state index >= 15 is 0 Å². The molecule has 3 heterocycles. The molecule has 8 aliphatic rings. The fourth-order valence-corrected chi connectivity index (χ4v) is 14.3. The molecular formula is C42H68O13. The SMILES string of the molecule is C[C@H]1O[C@@H](O[C@H]2CC[C@@]3(C)C(CC[C@]4(C)C3C=C[C@]35OC[C@@]6(CCC(C)(C)C[C@H]63)[C@@H](O)CC54C)[C@]2(C)CO)[C@H](O)[C@@H](O[C@@H]2O[C@H](CO)[C@@H](O)[C@H](O)[C@H]2O)[C@H]1O. The van der Waals surface area contributed by atoms with E-state index in [9.17, 15) is 40.9 Å². The third-order valence-corrected chi connectivity index (χ3v) is 17.9. The standard InChI is InChI=1S/C42H68O13/c1-21-28(46)33(55-34-31(49)30(48)29(47)22(18-43)53-34)32(50)35(52-21)54-27-10-11-37(4)23(38(27,5)19-44)8-12-39(6)24(37)9-13-42-25-16-36(2,3)14-15-41(25,20-51-42)26(45)17-40(39,42)7/h9,13,21-35,43-50H,8,10-12,14-20H2,1-7H3/t21-,22-,23?,24?,25-,26+,27+,28+,29-,30+,31-,32-,33+,34+,35+,37+,38+,39-,40?,41-,42+/m1/s1. The monoisotopic (exact) mass is 780 g/mol. The predicted molar refractivity (Wildman–Crippen MR) is 197 cm³/mol. The molecular weight excluding hydrogens is 712 g/mol. The van der Waals surface area contributed by atoms with Gasteiger partial charge in [0.05, 0.1) is 43.7 Å². The summed E-state index contributed by atoms with van der Waals surface area (Å²) in [5.41, 5.74) is -1.90. The third-order valence-electron chi connectivity index (χ3n) is 17.9. The summed E-state index contributed by atoms with van der Waals surface area (Å²) >= 11 is 0. The Morgan fingerprint density at radius 3 is 2.13 bits per heavy atom. The molecule has 2 bridgehead atoms. The Balaban J connectivity index is 1.05. The number of ether oxygens (including phenoxy) is 5. The molecule has 3 aliphatic heterocycles. The van der Waals surface area contributed by atoms with E-state index < -0.39 is 91.2 Å². The van der Waals surface area contributed by atoms with E-state index in [1.165, 1.54) is 0 Å². The van der Waals surface area contributed by atoms with Crippen LogP contribution in [0.25, 0.3) is 0 Å². The summed E-state index contributed by atoms with van der Waals surface area (Å²) in [6, 6.07) is 0. The maximum atomic E-state index is 12.1. The molecule has 0 aromatic heterocycles. The second-order valence-corrected chi connectivity index (χ2v) is 21.0. The molecule has 0 aromatic carbocycles. The molecule has 0 aromatic rings. The van der Waals surface area contributed by atoms with E-state index in [-0.39, 0.29) is 51.4 Å². The van der Waals surface area contributed by atoms with E-state index in [2.05, 4.69) is 53.7 Å². The molecule has 13 nitrogen and oxygen atoms in total. The van der Waals surface area contributed by atoms with Crippen LogP contribution >= 0.6 is 0 Å². The van der Waals surface area contributed by atoms with Gasteiger partial charge in [0.15, 0.2) is 12.6 Å². The molecule has 3 saturated heterocycles. The molecule has 7 fully saturated rings. The summed E-state index contributed by atoms with van der Waals surface area (Å²) < 4.78 is 31.2. The van der Waals surface area contributed by atoms with Crippen LogP contribution < -0.4 is 0 Å². The first-order chi connectivity index (χ1) is 25.7. The normalized spacial score (nSPS) is 59.7. The van der Waals surface area contributed by atoms with E-state index in [4.69, 9.17) is 23.7 Å². The average molecular weight is 781 g/mol. The van der Waals surface area contributed by atoms with Crippen LogP contribution in [0.2, 0.25) is 0 Å². The van der Waals surface area contributed by atoms with Crippen molar-refractivity contribution in [2.75, 3.05) is 19.8 Å². The van der Waals surface area contributed by atoms with Gasteiger partial charge in [0.2, 0.25) is 0 Å². The number of rotatable bonds is 6. The van der Waals surface area contributed by atoms with Crippen LogP contribution in [-0.2, 0) is 23.7 Å². The van der Waals surface area contributed by atoms with Gasteiger partial charge in [0.1, 0.15) is 42.7 Å². The third kappa shape index (κ3) is 5.44. The lowest BCUT2D eigenvalue weighted by Gasteiger charge is -2.73. The van der Waals surface area contributed by atoms with Gasteiger partial charge in [0.25, 0.3) is 0 Å². The molecule has 1 spiro atoms. The molecule has 0 amide bonds. The van der Waals surface area contributed by atoms with Gasteiger partial charge in [-0.2, -0.15) is 0 Å². The molecule has 0 radical (unpaired) electrons. The van der Waals surface area contributed by atoms with Crippen molar-refractivity contribution >= 4 is 0 Å². The fraction of sp³-hybridized carbons (Fsp3) is 0.952. The molecule has 4 saturated carbocycles. The molecule has 55 heavy (non-hydrogen) atoms. The van der Waals surface area contributed by atoms with E-state index in [1.807, 2.05) is 0 Å². The van der Waals surface area contributed by atoms with Gasteiger partial charge in [-0.25, -0.2) is 0 Å². The first-order valence-corrected chi connectivity index (χ1v) is 20.9. The van der Waals surface area contributed by atoms with Crippen molar-refractivity contribution in [2.24, 2.45) is 50.2 Å². The Kier molecular flexibility index (Phi) is 9.95. The minimum Gasteiger partial charge on any atom is -0.396 e. The van der Waals surface area contributed by atoms with E-state index in [1.54, 1.807) is 6.92 Å². The summed E-state index contributed by atoms with van der Waals surface area (Å²) in [4.78, 5) is 0. The van der Waals surface area contributed by atoms with Crippen LogP contribution in [-0.4, -0.2) is 140 Å². The second kappa shape index (κ2) is 13.4. The Hall–Kier alpha value is -0.780. The predicted octanol–water partition coefficient (Wildman–Crippen LogP) is 1.78. The molecule has 13 heteroatoms. The highest BCUT2D eigenvalue weighted by atomic mass is 16.7. The van der Waals surface area contributed by atoms with Crippen molar-refractivity contribution in [1.29, 1.82) is 0 Å². The largest absolute Gasteiger partial charge is 0.396 e. The minimum absolute atomic E-state index is 0.0414. The van der Waals surface area contributed by atoms with Gasteiger partial charge in [-0.15, -0.1) is 0 Å². The van der Waals surface area contributed by atoms with Crippen molar-refractivity contribution in [2.45, 2.75) is 179 Å². The van der Waals surface area contributed by atoms with E-state index in [0.29, 0.717) is 19.4 Å². The van der Waals surface area contributed by atoms with Crippen molar-refractivity contribution in [1.82, 2.24) is 0 Å². The highest BCUT2D eigenvalue weighted by Crippen LogP contribution is 2.79. The van der Waals surface area contributed by atoms with Crippen molar-refractivity contribution in [3.63, 3.8) is 0 Å². The quantitative estimate of drug-likeness (QED) is 0.143. The maximum Gasteiger partial charge on any atom is 0.187 e. The number of hydrogen-bond acceptors (Lipinski definition) is 13. The van der Waals surface area contributed by atoms with Gasteiger partial charge >= 0.3 is 0 Å². The van der Waals surface area contributed by atoms with E-state index in [0.717, 1.165) is 38.5 Å². The average Bonchev–Trinajstić information content (AvgIpc) is 3.41. The number of hydrogen-bond donors (Lipinski definition) is 8. The van der Waals surface area contributed by atoms with Gasteiger partial charge < -0.3 is 64.5 Å². The van der Waals surface area contributed by atoms with Crippen molar-refractivity contribution in [3.8, 4) is 0 Å². The van der Waals surface area contributed by atoms with Crippen LogP contribution in [0.3, 0.4) is 0 Å². The van der Waals surface area contributed by atoms with Gasteiger partial charge in [-0.05, 0) is 86.4 Å². The Labute approximate surface area is 325 Å². The number of fused-ring (bicyclic) bond motifs is 4. The number of allylic oxidation sites excluding steroid dienone is 1. The molecule has 3 unspecified atom stereocenters. The lowest BCUT2D eigenvalue weighted by Crippen LogP contribution is -2.72. The van der Waals surface area contributed by atoms with Crippen molar-refractivity contribution < 1.29 is 64.5 Å². The van der Waals surface area contributed by atoms with Crippen LogP contribution in [0, 0.1) is 50.2 Å². The van der Waals surface area contributed by atoms with Gasteiger partial charge in [-0.1, -0.05) is 53.7 Å². The number of aliphatic hydroxyl groups excluding tert-OH is 8. The maximum absolute atomic E-state index is 12.1. The van der Waals surface area contributed by atoms with Crippen molar-refractivity contribution in [3.05, 3.63) is 12.2 Å². The fourth-order valence-electron chi connectivity index (χ4n) is 14.3. The zero-order valence-electron chi connectivity index (χ0n) is 33.7. The van der Waals surface area contributed by atoms with Gasteiger partial charge in [0, 0.05) is 22.2 Å². The lowest BCUT2D eigenvalue weighted by atomic mass is 9.32. The smallest absolute Gasteiger partial charge is 0.187 e. The topological polar surface area (TPSA) is 208 Å². The van der Waals surface area contributed by atoms with Crippen LogP contribution in [0.1, 0.15) is 99.8 Å². The molecule has 314 valence electrons. The molecule has 21 atom stereocenters. The summed E-state index contributed by atoms with van der Waals surface area (Å²) in [6.45, 7) is 15.4. The zero-order valence-corrected chi connectivity index (χ0v) is 33.7. The Morgan fingerprint density at radius 1 is 0.727 bits per heavy atom. The summed E-state index contributed by atoms with van der Waals surface area (Å²) in [5.74, 6) is 0.449. The molecule has 5 aliphatic carbocycles. The van der Waals surface area contributed by atoms with Crippen LogP contribution in [0.15, 0.2) is 12.2 Å². The minimum atomic E-state index is -1.72. The first kappa shape index (κ1) is 41.0.